The molecule has 0 bridgehead atoms. The Kier molecular flexibility index (Phi) is 63.5. The second kappa shape index (κ2) is 19.3. The molecule has 0 atom stereocenters. The van der Waals surface area contributed by atoms with Crippen molar-refractivity contribution >= 4 is 17.4 Å². The van der Waals surface area contributed by atoms with Crippen molar-refractivity contribution in [3.63, 3.8) is 0 Å². The zero-order valence-corrected chi connectivity index (χ0v) is 3.71. The number of rotatable bonds is 0. The van der Waals surface area contributed by atoms with E-state index in [4.69, 9.17) is 0 Å². The van der Waals surface area contributed by atoms with E-state index in [1.54, 1.807) is 0 Å². The van der Waals surface area contributed by atoms with E-state index < -0.39 is 0 Å². The standard InChI is InChI=1S/C3H8.Al.Li.4H/c1-3-2;;;;;;/h3H2,1-2H3;;;;;;/q;;+1;;;;-1. The summed E-state index contributed by atoms with van der Waals surface area (Å²) in [5, 5.41) is 0. The smallest absolute Gasteiger partial charge is 1.00 e. The fraction of sp³-hybridized carbons (Fsp3) is 1.00. The summed E-state index contributed by atoms with van der Waals surface area (Å²) in [5.74, 6) is 0. The van der Waals surface area contributed by atoms with Crippen LogP contribution in [-0.4, -0.2) is 17.4 Å². The molecule has 28 valence electrons. The molecule has 0 aromatic carbocycles. The van der Waals surface area contributed by atoms with E-state index >= 15 is 0 Å². The molecule has 0 heterocycles. The van der Waals surface area contributed by atoms with E-state index in [9.17, 15) is 0 Å². The van der Waals surface area contributed by atoms with Gasteiger partial charge in [0.2, 0.25) is 0 Å². The Bertz CT molecular complexity index is 10.8. The summed E-state index contributed by atoms with van der Waals surface area (Å²) < 4.78 is 0. The quantitative estimate of drug-likeness (QED) is 0.280. The maximum Gasteiger partial charge on any atom is 1.00 e. The predicted molar refractivity (Wildman–Crippen MR) is 27.0 cm³/mol. The fourth-order valence-electron chi connectivity index (χ4n) is 0. The van der Waals surface area contributed by atoms with E-state index in [1.807, 2.05) is 0 Å². The molecule has 0 aromatic heterocycles. The summed E-state index contributed by atoms with van der Waals surface area (Å²) in [6.07, 6.45) is 1.25. The zero-order chi connectivity index (χ0) is 2.71. The van der Waals surface area contributed by atoms with Gasteiger partial charge < -0.3 is 1.43 Å². The third kappa shape index (κ3) is 39.4. The van der Waals surface area contributed by atoms with Gasteiger partial charge in [-0.1, -0.05) is 20.3 Å². The first kappa shape index (κ1) is 16.5. The van der Waals surface area contributed by atoms with Crippen LogP contribution in [0.25, 0.3) is 0 Å². The average Bonchev–Trinajstić information content (AvgIpc) is 0.918. The van der Waals surface area contributed by atoms with Gasteiger partial charge in [-0.2, -0.15) is 0 Å². The molecule has 2 heteroatoms. The first-order valence-corrected chi connectivity index (χ1v) is 1.41. The van der Waals surface area contributed by atoms with E-state index in [-0.39, 0.29) is 37.6 Å². The van der Waals surface area contributed by atoms with Crippen molar-refractivity contribution < 1.29 is 20.3 Å². The normalized spacial score (nSPS) is 3.60. The van der Waals surface area contributed by atoms with Crippen LogP contribution in [0.3, 0.4) is 0 Å². The maximum atomic E-state index is 2.12. The summed E-state index contributed by atoms with van der Waals surface area (Å²) >= 11 is 0. The Balaban J connectivity index is -0.00000000667. The van der Waals surface area contributed by atoms with E-state index in [0.717, 1.165) is 0 Å². The second-order valence-electron chi connectivity index (χ2n) is 0.707. The molecule has 0 saturated carbocycles. The topological polar surface area (TPSA) is 0 Å². The molecule has 0 amide bonds. The van der Waals surface area contributed by atoms with Crippen LogP contribution in [0.4, 0.5) is 0 Å². The monoisotopic (exact) mass is 82.1 g/mol. The van der Waals surface area contributed by atoms with Crippen molar-refractivity contribution in [3.8, 4) is 0 Å². The van der Waals surface area contributed by atoms with Gasteiger partial charge >= 0.3 is 18.9 Å². The van der Waals surface area contributed by atoms with Crippen molar-refractivity contribution in [2.24, 2.45) is 0 Å². The van der Waals surface area contributed by atoms with Gasteiger partial charge in [0.1, 0.15) is 0 Å². The molecule has 0 aliphatic rings. The van der Waals surface area contributed by atoms with Crippen LogP contribution in [0, 0.1) is 0 Å². The molecule has 0 spiro atoms. The van der Waals surface area contributed by atoms with Gasteiger partial charge in [0.05, 0.1) is 0 Å². The van der Waals surface area contributed by atoms with Crippen LogP contribution in [-0.2, 0) is 0 Å². The first-order valence-electron chi connectivity index (χ1n) is 1.41. The summed E-state index contributed by atoms with van der Waals surface area (Å²) in [6.45, 7) is 4.25. The third-order valence-electron chi connectivity index (χ3n) is 0. The molecule has 5 heavy (non-hydrogen) atoms. The fourth-order valence-corrected chi connectivity index (χ4v) is 0. The van der Waals surface area contributed by atoms with Crippen LogP contribution >= 0.6 is 0 Å². The number of hydrogen-bond acceptors (Lipinski definition) is 0. The summed E-state index contributed by atoms with van der Waals surface area (Å²) in [4.78, 5) is 0. The Morgan fingerprint density at radius 2 is 1.40 bits per heavy atom. The van der Waals surface area contributed by atoms with Gasteiger partial charge in [-0.15, -0.1) is 0 Å². The average molecular weight is 82.1 g/mol. The summed E-state index contributed by atoms with van der Waals surface area (Å²) in [7, 11) is 0. The third-order valence-corrected chi connectivity index (χ3v) is 0. The van der Waals surface area contributed by atoms with E-state index in [0.29, 0.717) is 0 Å². The van der Waals surface area contributed by atoms with Gasteiger partial charge in [-0.25, -0.2) is 0 Å². The van der Waals surface area contributed by atoms with E-state index in [1.165, 1.54) is 6.42 Å². The Labute approximate surface area is 58.1 Å². The van der Waals surface area contributed by atoms with Crippen LogP contribution in [0.1, 0.15) is 21.7 Å². The second-order valence-corrected chi connectivity index (χ2v) is 0.707. The molecule has 0 aliphatic heterocycles. The van der Waals surface area contributed by atoms with Gasteiger partial charge in [0.25, 0.3) is 0 Å². The minimum absolute atomic E-state index is 0. The Morgan fingerprint density at radius 1 is 1.40 bits per heavy atom. The molecule has 0 saturated heterocycles. The van der Waals surface area contributed by atoms with Crippen molar-refractivity contribution in [2.75, 3.05) is 0 Å². The van der Waals surface area contributed by atoms with Crippen molar-refractivity contribution in [1.29, 1.82) is 0 Å². The predicted octanol–water partition coefficient (Wildman–Crippen LogP) is -2.65. The molecule has 0 aliphatic carbocycles. The molecule has 0 unspecified atom stereocenters. The SMILES string of the molecule is CCC.[AlH3].[H-].[Li+]. The van der Waals surface area contributed by atoms with E-state index in [2.05, 4.69) is 13.8 Å². The van der Waals surface area contributed by atoms with Crippen molar-refractivity contribution in [1.82, 2.24) is 0 Å². The molecule has 0 N–H and O–H groups in total. The first-order chi connectivity index (χ1) is 1.41. The molecule has 0 radical (unpaired) electrons. The van der Waals surface area contributed by atoms with Crippen molar-refractivity contribution in [3.05, 3.63) is 0 Å². The maximum absolute atomic E-state index is 2.12. The van der Waals surface area contributed by atoms with Gasteiger partial charge in [-0.3, -0.25) is 0 Å². The molecule has 0 nitrogen and oxygen atoms in total. The zero-order valence-electron chi connectivity index (χ0n) is 4.71. The van der Waals surface area contributed by atoms with Gasteiger partial charge in [-0.05, 0) is 0 Å². The van der Waals surface area contributed by atoms with Gasteiger partial charge in [0.15, 0.2) is 17.4 Å². The molecule has 0 aromatic rings. The minimum atomic E-state index is 0. The minimum Gasteiger partial charge on any atom is -1.00 e. The number of hydrogen-bond donors (Lipinski definition) is 0. The van der Waals surface area contributed by atoms with Crippen LogP contribution in [0.5, 0.6) is 0 Å². The van der Waals surface area contributed by atoms with Crippen LogP contribution < -0.4 is 18.9 Å². The Hall–Kier alpha value is 1.13. The van der Waals surface area contributed by atoms with Gasteiger partial charge in [0, 0.05) is 0 Å². The van der Waals surface area contributed by atoms with Crippen LogP contribution in [0.15, 0.2) is 0 Å². The molecular formula is C3H12AlLi. The largest absolute Gasteiger partial charge is 1.00 e. The molecular weight excluding hydrogens is 70.0 g/mol. The summed E-state index contributed by atoms with van der Waals surface area (Å²) in [5.41, 5.74) is 0. The molecule has 0 fully saturated rings. The van der Waals surface area contributed by atoms with Crippen molar-refractivity contribution in [2.45, 2.75) is 20.3 Å². The summed E-state index contributed by atoms with van der Waals surface area (Å²) in [6, 6.07) is 0. The molecule has 0 rings (SSSR count). The Morgan fingerprint density at radius 3 is 1.40 bits per heavy atom. The van der Waals surface area contributed by atoms with Crippen LogP contribution in [0.2, 0.25) is 0 Å².